The van der Waals surface area contributed by atoms with Crippen molar-refractivity contribution in [3.05, 3.63) is 58.5 Å². The summed E-state index contributed by atoms with van der Waals surface area (Å²) in [4.78, 5) is 20.8. The van der Waals surface area contributed by atoms with Crippen molar-refractivity contribution in [1.82, 2.24) is 9.97 Å². The number of carbonyl (C=O) groups excluding carboxylic acids is 1. The summed E-state index contributed by atoms with van der Waals surface area (Å²) in [6.45, 7) is 1.98. The second kappa shape index (κ2) is 6.58. The lowest BCUT2D eigenvalue weighted by atomic mass is 10.1. The standard InChI is InChI=1S/C17H15N3O2S/c1-11-19-15(10-23-11)12-5-7-13(8-6-12)20-16(21)14-4-3-9-18-17(14)22-2/h3-10H,1-2H3,(H,20,21). The van der Waals surface area contributed by atoms with Crippen LogP contribution in [0.3, 0.4) is 0 Å². The van der Waals surface area contributed by atoms with Crippen LogP contribution in [0.25, 0.3) is 11.3 Å². The second-order valence-electron chi connectivity index (χ2n) is 4.84. The highest BCUT2D eigenvalue weighted by Gasteiger charge is 2.13. The van der Waals surface area contributed by atoms with Gasteiger partial charge in [-0.25, -0.2) is 9.97 Å². The summed E-state index contributed by atoms with van der Waals surface area (Å²) in [5, 5.41) is 5.89. The molecule has 3 rings (SSSR count). The third-order valence-electron chi connectivity index (χ3n) is 3.27. The molecular formula is C17H15N3O2S. The number of methoxy groups -OCH3 is 1. The van der Waals surface area contributed by atoms with Crippen molar-refractivity contribution in [3.63, 3.8) is 0 Å². The number of hydrogen-bond acceptors (Lipinski definition) is 5. The summed E-state index contributed by atoms with van der Waals surface area (Å²) < 4.78 is 5.10. The van der Waals surface area contributed by atoms with E-state index in [1.54, 1.807) is 29.7 Å². The molecule has 0 saturated carbocycles. The van der Waals surface area contributed by atoms with Crippen LogP contribution >= 0.6 is 11.3 Å². The van der Waals surface area contributed by atoms with Crippen LogP contribution in [-0.2, 0) is 0 Å². The van der Waals surface area contributed by atoms with Crippen LogP contribution in [0, 0.1) is 6.92 Å². The fourth-order valence-electron chi connectivity index (χ4n) is 2.15. The number of rotatable bonds is 4. The van der Waals surface area contributed by atoms with Crippen LogP contribution in [0.1, 0.15) is 15.4 Å². The van der Waals surface area contributed by atoms with Gasteiger partial charge in [-0.3, -0.25) is 4.79 Å². The molecular weight excluding hydrogens is 310 g/mol. The van der Waals surface area contributed by atoms with E-state index < -0.39 is 0 Å². The van der Waals surface area contributed by atoms with E-state index in [9.17, 15) is 4.79 Å². The van der Waals surface area contributed by atoms with Gasteiger partial charge in [0.05, 0.1) is 17.8 Å². The molecule has 1 N–H and O–H groups in total. The Bertz CT molecular complexity index is 828. The maximum absolute atomic E-state index is 12.3. The molecule has 0 atom stereocenters. The summed E-state index contributed by atoms with van der Waals surface area (Å²) in [6, 6.07) is 10.9. The zero-order valence-electron chi connectivity index (χ0n) is 12.7. The minimum atomic E-state index is -0.257. The Morgan fingerprint density at radius 1 is 1.22 bits per heavy atom. The number of hydrogen-bond donors (Lipinski definition) is 1. The molecule has 3 aromatic rings. The van der Waals surface area contributed by atoms with Crippen molar-refractivity contribution in [3.8, 4) is 17.1 Å². The molecule has 23 heavy (non-hydrogen) atoms. The lowest BCUT2D eigenvalue weighted by Gasteiger charge is -2.08. The van der Waals surface area contributed by atoms with Gasteiger partial charge in [0.15, 0.2) is 0 Å². The molecule has 0 saturated heterocycles. The Hall–Kier alpha value is -2.73. The first-order valence-corrected chi connectivity index (χ1v) is 7.88. The van der Waals surface area contributed by atoms with Crippen LogP contribution in [-0.4, -0.2) is 23.0 Å². The monoisotopic (exact) mass is 325 g/mol. The summed E-state index contributed by atoms with van der Waals surface area (Å²) in [5.41, 5.74) is 3.07. The van der Waals surface area contributed by atoms with Gasteiger partial charge in [-0.05, 0) is 31.2 Å². The zero-order valence-corrected chi connectivity index (χ0v) is 13.6. The first-order chi connectivity index (χ1) is 11.2. The molecule has 5 nitrogen and oxygen atoms in total. The van der Waals surface area contributed by atoms with Gasteiger partial charge < -0.3 is 10.1 Å². The van der Waals surface area contributed by atoms with E-state index in [1.165, 1.54) is 7.11 Å². The van der Waals surface area contributed by atoms with Crippen molar-refractivity contribution in [2.24, 2.45) is 0 Å². The largest absolute Gasteiger partial charge is 0.480 e. The van der Waals surface area contributed by atoms with E-state index in [0.29, 0.717) is 17.1 Å². The Morgan fingerprint density at radius 2 is 2.00 bits per heavy atom. The average Bonchev–Trinajstić information content (AvgIpc) is 3.02. The maximum atomic E-state index is 12.3. The number of nitrogens with one attached hydrogen (secondary N) is 1. The van der Waals surface area contributed by atoms with Gasteiger partial charge in [0.2, 0.25) is 5.88 Å². The topological polar surface area (TPSA) is 64.1 Å². The third-order valence-corrected chi connectivity index (χ3v) is 4.04. The van der Waals surface area contributed by atoms with E-state index in [-0.39, 0.29) is 5.91 Å². The molecule has 0 aliphatic rings. The number of pyridine rings is 1. The first kappa shape index (κ1) is 15.2. The van der Waals surface area contributed by atoms with Crippen LogP contribution in [0.15, 0.2) is 48.0 Å². The molecule has 0 spiro atoms. The lowest BCUT2D eigenvalue weighted by molar-refractivity contribution is 0.102. The lowest BCUT2D eigenvalue weighted by Crippen LogP contribution is -2.13. The second-order valence-corrected chi connectivity index (χ2v) is 5.91. The Morgan fingerprint density at radius 3 is 2.65 bits per heavy atom. The number of nitrogens with zero attached hydrogens (tertiary/aromatic N) is 2. The number of ether oxygens (including phenoxy) is 1. The summed E-state index contributed by atoms with van der Waals surface area (Å²) in [6.07, 6.45) is 1.58. The number of anilines is 1. The Kier molecular flexibility index (Phi) is 4.34. The highest BCUT2D eigenvalue weighted by Crippen LogP contribution is 2.23. The fourth-order valence-corrected chi connectivity index (χ4v) is 2.77. The smallest absolute Gasteiger partial charge is 0.261 e. The molecule has 2 heterocycles. The summed E-state index contributed by atoms with van der Waals surface area (Å²) in [5.74, 6) is 0.0479. The number of benzene rings is 1. The Balaban J connectivity index is 1.77. The van der Waals surface area contributed by atoms with Gasteiger partial charge in [0.1, 0.15) is 5.56 Å². The summed E-state index contributed by atoms with van der Waals surface area (Å²) in [7, 11) is 1.49. The highest BCUT2D eigenvalue weighted by molar-refractivity contribution is 7.09. The average molecular weight is 325 g/mol. The molecule has 0 radical (unpaired) electrons. The molecule has 1 amide bonds. The first-order valence-electron chi connectivity index (χ1n) is 7.00. The number of aromatic nitrogens is 2. The highest BCUT2D eigenvalue weighted by atomic mass is 32.1. The SMILES string of the molecule is COc1ncccc1C(=O)Nc1ccc(-c2csc(C)n2)cc1. The minimum absolute atomic E-state index is 0.257. The number of amides is 1. The summed E-state index contributed by atoms with van der Waals surface area (Å²) >= 11 is 1.61. The third kappa shape index (κ3) is 3.37. The molecule has 0 aliphatic carbocycles. The predicted molar refractivity (Wildman–Crippen MR) is 91.0 cm³/mol. The van der Waals surface area contributed by atoms with Gasteiger partial charge in [-0.2, -0.15) is 0 Å². The van der Waals surface area contributed by atoms with E-state index >= 15 is 0 Å². The number of carbonyl (C=O) groups is 1. The zero-order chi connectivity index (χ0) is 16.2. The molecule has 2 aromatic heterocycles. The van der Waals surface area contributed by atoms with E-state index in [4.69, 9.17) is 4.74 Å². The normalized spacial score (nSPS) is 10.3. The molecule has 0 aliphatic heterocycles. The van der Waals surface area contributed by atoms with Crippen molar-refractivity contribution < 1.29 is 9.53 Å². The van der Waals surface area contributed by atoms with Crippen LogP contribution < -0.4 is 10.1 Å². The van der Waals surface area contributed by atoms with E-state index in [0.717, 1.165) is 16.3 Å². The van der Waals surface area contributed by atoms with Gasteiger partial charge in [-0.15, -0.1) is 11.3 Å². The van der Waals surface area contributed by atoms with Gasteiger partial charge in [0, 0.05) is 22.8 Å². The van der Waals surface area contributed by atoms with Crippen LogP contribution in [0.4, 0.5) is 5.69 Å². The van der Waals surface area contributed by atoms with E-state index in [2.05, 4.69) is 15.3 Å². The molecule has 1 aromatic carbocycles. The molecule has 0 unspecified atom stereocenters. The van der Waals surface area contributed by atoms with Gasteiger partial charge >= 0.3 is 0 Å². The maximum Gasteiger partial charge on any atom is 0.261 e. The van der Waals surface area contributed by atoms with Gasteiger partial charge in [-0.1, -0.05) is 12.1 Å². The van der Waals surface area contributed by atoms with Gasteiger partial charge in [0.25, 0.3) is 5.91 Å². The number of thiazole rings is 1. The molecule has 0 fully saturated rings. The molecule has 6 heteroatoms. The van der Waals surface area contributed by atoms with E-state index in [1.807, 2.05) is 36.6 Å². The van der Waals surface area contributed by atoms with Crippen molar-refractivity contribution in [1.29, 1.82) is 0 Å². The molecule has 116 valence electrons. The van der Waals surface area contributed by atoms with Crippen molar-refractivity contribution >= 4 is 22.9 Å². The van der Waals surface area contributed by atoms with Crippen LogP contribution in [0.5, 0.6) is 5.88 Å². The van der Waals surface area contributed by atoms with Crippen LogP contribution in [0.2, 0.25) is 0 Å². The minimum Gasteiger partial charge on any atom is -0.480 e. The molecule has 0 bridgehead atoms. The number of aryl methyl sites for hydroxylation is 1. The quantitative estimate of drug-likeness (QED) is 0.793. The van der Waals surface area contributed by atoms with Crippen molar-refractivity contribution in [2.45, 2.75) is 6.92 Å². The fraction of sp³-hybridized carbons (Fsp3) is 0.118. The van der Waals surface area contributed by atoms with Crippen molar-refractivity contribution in [2.75, 3.05) is 12.4 Å². The predicted octanol–water partition coefficient (Wildman–Crippen LogP) is 3.77. The Labute approximate surface area is 138 Å².